The Morgan fingerprint density at radius 3 is 2.70 bits per heavy atom. The summed E-state index contributed by atoms with van der Waals surface area (Å²) in [6, 6.07) is 3.35. The lowest BCUT2D eigenvalue weighted by Crippen LogP contribution is -2.36. The normalized spacial score (nSPS) is 17.7. The number of aryl methyl sites for hydroxylation is 3. The zero-order chi connectivity index (χ0) is 16.7. The fourth-order valence-corrected chi connectivity index (χ4v) is 3.50. The van der Waals surface area contributed by atoms with Crippen LogP contribution in [0.2, 0.25) is 0 Å². The van der Waals surface area contributed by atoms with Crippen LogP contribution in [0.1, 0.15) is 46.2 Å². The minimum atomic E-state index is -0.247. The van der Waals surface area contributed by atoms with E-state index in [2.05, 4.69) is 5.10 Å². The Morgan fingerprint density at radius 2 is 2.04 bits per heavy atom. The summed E-state index contributed by atoms with van der Waals surface area (Å²) in [5.41, 5.74) is 3.14. The molecule has 0 bridgehead atoms. The second kappa shape index (κ2) is 5.68. The quantitative estimate of drug-likeness (QED) is 0.848. The first-order valence-corrected chi connectivity index (χ1v) is 7.88. The molecule has 0 spiro atoms. The molecule has 1 aliphatic rings. The first-order valence-electron chi connectivity index (χ1n) is 7.88. The van der Waals surface area contributed by atoms with Crippen molar-refractivity contribution in [3.05, 3.63) is 51.2 Å². The highest BCUT2D eigenvalue weighted by Crippen LogP contribution is 2.36. The third-order valence-electron chi connectivity index (χ3n) is 4.77. The zero-order valence-corrected chi connectivity index (χ0v) is 14.0. The van der Waals surface area contributed by atoms with E-state index < -0.39 is 0 Å². The third-order valence-corrected chi connectivity index (χ3v) is 4.77. The van der Waals surface area contributed by atoms with Crippen molar-refractivity contribution in [1.29, 1.82) is 0 Å². The highest BCUT2D eigenvalue weighted by Gasteiger charge is 2.34. The van der Waals surface area contributed by atoms with Gasteiger partial charge in [-0.1, -0.05) is 0 Å². The molecular weight excluding hydrogens is 292 g/mol. The van der Waals surface area contributed by atoms with Crippen molar-refractivity contribution in [2.45, 2.75) is 32.7 Å². The highest BCUT2D eigenvalue weighted by molar-refractivity contribution is 5.94. The van der Waals surface area contributed by atoms with Gasteiger partial charge in [-0.15, -0.1) is 0 Å². The van der Waals surface area contributed by atoms with Crippen LogP contribution in [0.4, 0.5) is 0 Å². The molecule has 23 heavy (non-hydrogen) atoms. The van der Waals surface area contributed by atoms with Crippen molar-refractivity contribution in [1.82, 2.24) is 19.2 Å². The van der Waals surface area contributed by atoms with Crippen LogP contribution in [0.5, 0.6) is 0 Å². The predicted molar refractivity (Wildman–Crippen MR) is 87.4 cm³/mol. The van der Waals surface area contributed by atoms with Crippen LogP contribution in [0, 0.1) is 13.8 Å². The average Bonchev–Trinajstić information content (AvgIpc) is 3.07. The maximum atomic E-state index is 12.9. The second-order valence-corrected chi connectivity index (χ2v) is 6.20. The van der Waals surface area contributed by atoms with Gasteiger partial charge in [-0.3, -0.25) is 14.3 Å². The van der Waals surface area contributed by atoms with Crippen LogP contribution in [0.25, 0.3) is 0 Å². The molecule has 6 heteroatoms. The monoisotopic (exact) mass is 314 g/mol. The average molecular weight is 314 g/mol. The minimum absolute atomic E-state index is 0.00103. The number of carbonyl (C=O) groups is 1. The lowest BCUT2D eigenvalue weighted by atomic mass is 10.0. The molecule has 0 aliphatic carbocycles. The summed E-state index contributed by atoms with van der Waals surface area (Å²) in [4.78, 5) is 27.0. The minimum Gasteiger partial charge on any atom is -0.331 e. The molecule has 0 unspecified atom stereocenters. The number of pyridine rings is 1. The molecule has 0 aromatic carbocycles. The Labute approximate surface area is 135 Å². The molecule has 6 nitrogen and oxygen atoms in total. The van der Waals surface area contributed by atoms with E-state index in [-0.39, 0.29) is 23.1 Å². The highest BCUT2D eigenvalue weighted by atomic mass is 16.2. The molecule has 3 rings (SSSR count). The van der Waals surface area contributed by atoms with Gasteiger partial charge in [0, 0.05) is 38.1 Å². The molecule has 1 amide bonds. The smallest absolute Gasteiger partial charge is 0.263 e. The molecule has 122 valence electrons. The van der Waals surface area contributed by atoms with Gasteiger partial charge in [0.05, 0.1) is 11.7 Å². The number of carbonyl (C=O) groups excluding carboxylic acids is 1. The maximum Gasteiger partial charge on any atom is 0.263 e. The van der Waals surface area contributed by atoms with Crippen molar-refractivity contribution in [2.24, 2.45) is 14.1 Å². The first kappa shape index (κ1) is 15.5. The summed E-state index contributed by atoms with van der Waals surface area (Å²) in [5, 5.41) is 4.47. The molecule has 0 N–H and O–H groups in total. The van der Waals surface area contributed by atoms with E-state index in [0.29, 0.717) is 6.54 Å². The number of rotatable bonds is 2. The van der Waals surface area contributed by atoms with Crippen molar-refractivity contribution < 1.29 is 4.79 Å². The lowest BCUT2D eigenvalue weighted by molar-refractivity contribution is 0.0732. The Hall–Kier alpha value is -2.37. The van der Waals surface area contributed by atoms with Crippen LogP contribution in [0.15, 0.2) is 23.1 Å². The molecule has 1 fully saturated rings. The van der Waals surface area contributed by atoms with Crippen LogP contribution < -0.4 is 5.56 Å². The summed E-state index contributed by atoms with van der Waals surface area (Å²) in [6.45, 7) is 4.68. The van der Waals surface area contributed by atoms with E-state index in [4.69, 9.17) is 0 Å². The standard InChI is InChI=1S/C17H22N4O2/c1-11-15(12(2)20(4)18-11)14-8-6-10-21(14)17(23)13-7-5-9-19(3)16(13)22/h5,7,9,14H,6,8,10H2,1-4H3/t14-/m1/s1. The van der Waals surface area contributed by atoms with Crippen LogP contribution in [-0.2, 0) is 14.1 Å². The molecule has 3 heterocycles. The Morgan fingerprint density at radius 1 is 1.30 bits per heavy atom. The van der Waals surface area contributed by atoms with Crippen LogP contribution in [0.3, 0.4) is 0 Å². The van der Waals surface area contributed by atoms with E-state index >= 15 is 0 Å². The van der Waals surface area contributed by atoms with Gasteiger partial charge in [0.1, 0.15) is 5.56 Å². The number of aromatic nitrogens is 3. The molecule has 2 aromatic rings. The van der Waals surface area contributed by atoms with Crippen molar-refractivity contribution in [3.8, 4) is 0 Å². The molecule has 2 aromatic heterocycles. The number of amides is 1. The Kier molecular flexibility index (Phi) is 3.83. The molecular formula is C17H22N4O2. The van der Waals surface area contributed by atoms with Gasteiger partial charge >= 0.3 is 0 Å². The van der Waals surface area contributed by atoms with Gasteiger partial charge in [-0.2, -0.15) is 5.10 Å². The number of hydrogen-bond donors (Lipinski definition) is 0. The summed E-state index contributed by atoms with van der Waals surface area (Å²) in [5.74, 6) is -0.184. The molecule has 1 saturated heterocycles. The fourth-order valence-electron chi connectivity index (χ4n) is 3.50. The van der Waals surface area contributed by atoms with Crippen LogP contribution in [-0.4, -0.2) is 31.7 Å². The summed E-state index contributed by atoms with van der Waals surface area (Å²) in [6.07, 6.45) is 3.51. The fraction of sp³-hybridized carbons (Fsp3) is 0.471. The Bertz CT molecular complexity index is 818. The molecule has 0 radical (unpaired) electrons. The first-order chi connectivity index (χ1) is 10.9. The molecule has 1 atom stereocenters. The number of likely N-dealkylation sites (tertiary alicyclic amines) is 1. The molecule has 0 saturated carbocycles. The molecule has 1 aliphatic heterocycles. The SMILES string of the molecule is Cc1nn(C)c(C)c1[C@H]1CCCN1C(=O)c1cccn(C)c1=O. The Balaban J connectivity index is 2.00. The van der Waals surface area contributed by atoms with E-state index in [1.807, 2.05) is 30.5 Å². The summed E-state index contributed by atoms with van der Waals surface area (Å²) >= 11 is 0. The van der Waals surface area contributed by atoms with Crippen LogP contribution >= 0.6 is 0 Å². The van der Waals surface area contributed by atoms with E-state index in [0.717, 1.165) is 29.8 Å². The van der Waals surface area contributed by atoms with Crippen molar-refractivity contribution in [3.63, 3.8) is 0 Å². The number of hydrogen-bond acceptors (Lipinski definition) is 3. The number of nitrogens with zero attached hydrogens (tertiary/aromatic N) is 4. The van der Waals surface area contributed by atoms with E-state index in [1.54, 1.807) is 25.4 Å². The van der Waals surface area contributed by atoms with Gasteiger partial charge in [0.25, 0.3) is 11.5 Å². The van der Waals surface area contributed by atoms with Gasteiger partial charge in [0.15, 0.2) is 0 Å². The third kappa shape index (κ3) is 2.48. The summed E-state index contributed by atoms with van der Waals surface area (Å²) in [7, 11) is 3.58. The topological polar surface area (TPSA) is 60.1 Å². The maximum absolute atomic E-state index is 12.9. The van der Waals surface area contributed by atoms with E-state index in [1.165, 1.54) is 4.57 Å². The van der Waals surface area contributed by atoms with Crippen molar-refractivity contribution in [2.75, 3.05) is 6.54 Å². The summed E-state index contributed by atoms with van der Waals surface area (Å²) < 4.78 is 3.30. The lowest BCUT2D eigenvalue weighted by Gasteiger charge is -2.25. The largest absolute Gasteiger partial charge is 0.331 e. The van der Waals surface area contributed by atoms with Gasteiger partial charge in [-0.25, -0.2) is 0 Å². The van der Waals surface area contributed by atoms with E-state index in [9.17, 15) is 9.59 Å². The van der Waals surface area contributed by atoms with Crippen molar-refractivity contribution >= 4 is 5.91 Å². The van der Waals surface area contributed by atoms with Gasteiger partial charge in [-0.05, 0) is 38.8 Å². The zero-order valence-electron chi connectivity index (χ0n) is 14.0. The second-order valence-electron chi connectivity index (χ2n) is 6.20. The van der Waals surface area contributed by atoms with Gasteiger partial charge < -0.3 is 9.47 Å². The van der Waals surface area contributed by atoms with Gasteiger partial charge in [0.2, 0.25) is 0 Å². The predicted octanol–water partition coefficient (Wildman–Crippen LogP) is 1.71.